The fraction of sp³-hybridized carbons (Fsp3) is 0.200. The van der Waals surface area contributed by atoms with Crippen LogP contribution >= 0.6 is 0 Å². The van der Waals surface area contributed by atoms with E-state index in [0.29, 0.717) is 0 Å². The Labute approximate surface area is 115 Å². The first-order valence-corrected chi connectivity index (χ1v) is 4.07. The summed E-state index contributed by atoms with van der Waals surface area (Å²) in [6.07, 6.45) is 0. The van der Waals surface area contributed by atoms with Crippen molar-refractivity contribution in [1.29, 1.82) is 0 Å². The average Bonchev–Trinajstić information content (AvgIpc) is 2.26. The van der Waals surface area contributed by atoms with E-state index in [1.54, 1.807) is 0 Å². The van der Waals surface area contributed by atoms with Crippen molar-refractivity contribution < 1.29 is 53.7 Å². The Morgan fingerprint density at radius 1 is 1.00 bits per heavy atom. The molecule has 0 saturated heterocycles. The molecule has 0 aliphatic rings. The number of hydrogen-bond donors (Lipinski definition) is 0. The van der Waals surface area contributed by atoms with E-state index in [4.69, 9.17) is 0 Å². The van der Waals surface area contributed by atoms with E-state index in [1.807, 2.05) is 0 Å². The largest absolute Gasteiger partial charge is 1.00 e. The number of rotatable bonds is 2. The van der Waals surface area contributed by atoms with E-state index in [1.165, 1.54) is 20.3 Å². The summed E-state index contributed by atoms with van der Waals surface area (Å²) in [5.41, 5.74) is 0.0656. The predicted molar refractivity (Wildman–Crippen MR) is 48.6 cm³/mol. The third kappa shape index (κ3) is 3.52. The number of carbonyl (C=O) groups is 2. The standard InChI is InChI=1S/C10H10O5.Na/c1-14-9(12)6-3-7(10(13)15-2)5-8(11)4-6;/h3-5,11H,1-2H3;/q;+1/p-1. The molecule has 0 radical (unpaired) electrons. The molecule has 0 heterocycles. The van der Waals surface area contributed by atoms with Gasteiger partial charge in [0.05, 0.1) is 25.3 Å². The molecule has 1 rings (SSSR count). The minimum absolute atomic E-state index is 0. The monoisotopic (exact) mass is 232 g/mol. The van der Waals surface area contributed by atoms with Crippen LogP contribution in [-0.2, 0) is 9.47 Å². The smallest absolute Gasteiger partial charge is 0.872 e. The molecular formula is C10H9NaO5. The van der Waals surface area contributed by atoms with Crippen LogP contribution in [0, 0.1) is 0 Å². The van der Waals surface area contributed by atoms with Gasteiger partial charge in [-0.25, -0.2) is 9.59 Å². The number of methoxy groups -OCH3 is 2. The summed E-state index contributed by atoms with van der Waals surface area (Å²) in [4.78, 5) is 22.2. The SMILES string of the molecule is COC(=O)c1cc([O-])cc(C(=O)OC)c1.[Na+]. The van der Waals surface area contributed by atoms with Crippen LogP contribution in [0.2, 0.25) is 0 Å². The fourth-order valence-corrected chi connectivity index (χ4v) is 1.07. The van der Waals surface area contributed by atoms with Gasteiger partial charge in [0.25, 0.3) is 0 Å². The third-order valence-electron chi connectivity index (χ3n) is 1.75. The molecule has 1 aromatic carbocycles. The second-order valence-corrected chi connectivity index (χ2v) is 2.73. The van der Waals surface area contributed by atoms with Crippen molar-refractivity contribution >= 4 is 11.9 Å². The molecule has 0 aliphatic heterocycles. The van der Waals surface area contributed by atoms with Crippen molar-refractivity contribution in [3.8, 4) is 5.75 Å². The molecule has 0 atom stereocenters. The minimum Gasteiger partial charge on any atom is -0.872 e. The Balaban J connectivity index is 0.00000225. The van der Waals surface area contributed by atoms with Gasteiger partial charge < -0.3 is 14.6 Å². The fourth-order valence-electron chi connectivity index (χ4n) is 1.07. The molecule has 0 saturated carbocycles. The summed E-state index contributed by atoms with van der Waals surface area (Å²) >= 11 is 0. The molecule has 0 aromatic heterocycles. The van der Waals surface area contributed by atoms with E-state index >= 15 is 0 Å². The topological polar surface area (TPSA) is 75.7 Å². The van der Waals surface area contributed by atoms with Crippen molar-refractivity contribution in [3.05, 3.63) is 29.3 Å². The first kappa shape index (κ1) is 15.0. The summed E-state index contributed by atoms with van der Waals surface area (Å²) in [6.45, 7) is 0. The average molecular weight is 232 g/mol. The van der Waals surface area contributed by atoms with Crippen LogP contribution in [-0.4, -0.2) is 26.2 Å². The van der Waals surface area contributed by atoms with Crippen LogP contribution in [0.1, 0.15) is 20.7 Å². The molecule has 16 heavy (non-hydrogen) atoms. The van der Waals surface area contributed by atoms with E-state index in [0.717, 1.165) is 12.1 Å². The Bertz CT molecular complexity index is 368. The van der Waals surface area contributed by atoms with Gasteiger partial charge in [-0.2, -0.15) is 0 Å². The van der Waals surface area contributed by atoms with Crippen LogP contribution in [0.5, 0.6) is 5.75 Å². The van der Waals surface area contributed by atoms with Crippen LogP contribution in [0.25, 0.3) is 0 Å². The maximum absolute atomic E-state index is 11.1. The Morgan fingerprint density at radius 3 is 1.69 bits per heavy atom. The first-order valence-electron chi connectivity index (χ1n) is 4.07. The summed E-state index contributed by atoms with van der Waals surface area (Å²) in [6, 6.07) is 3.44. The number of benzene rings is 1. The van der Waals surface area contributed by atoms with Gasteiger partial charge >= 0.3 is 41.5 Å². The predicted octanol–water partition coefficient (Wildman–Crippen LogP) is -2.66. The molecule has 0 aliphatic carbocycles. The van der Waals surface area contributed by atoms with Gasteiger partial charge in [0.15, 0.2) is 0 Å². The molecule has 6 heteroatoms. The van der Waals surface area contributed by atoms with Crippen molar-refractivity contribution in [1.82, 2.24) is 0 Å². The minimum atomic E-state index is -0.669. The van der Waals surface area contributed by atoms with Gasteiger partial charge in [0.2, 0.25) is 0 Å². The summed E-state index contributed by atoms with van der Waals surface area (Å²) in [7, 11) is 2.38. The van der Waals surface area contributed by atoms with E-state index < -0.39 is 17.7 Å². The van der Waals surface area contributed by atoms with E-state index in [9.17, 15) is 14.7 Å². The molecule has 80 valence electrons. The Morgan fingerprint density at radius 2 is 1.38 bits per heavy atom. The maximum Gasteiger partial charge on any atom is 1.00 e. The number of hydrogen-bond acceptors (Lipinski definition) is 5. The number of esters is 2. The zero-order valence-electron chi connectivity index (χ0n) is 9.27. The van der Waals surface area contributed by atoms with Crippen molar-refractivity contribution in [3.63, 3.8) is 0 Å². The molecule has 0 N–H and O–H groups in total. The molecule has 0 fully saturated rings. The second kappa shape index (κ2) is 6.52. The van der Waals surface area contributed by atoms with Crippen molar-refractivity contribution in [2.45, 2.75) is 0 Å². The van der Waals surface area contributed by atoms with Gasteiger partial charge in [-0.05, 0) is 6.07 Å². The molecule has 1 aromatic rings. The summed E-state index contributed by atoms with van der Waals surface area (Å²) < 4.78 is 8.86. The van der Waals surface area contributed by atoms with Crippen LogP contribution in [0.15, 0.2) is 18.2 Å². The normalized spacial score (nSPS) is 8.88. The van der Waals surface area contributed by atoms with Gasteiger partial charge in [0.1, 0.15) is 0 Å². The van der Waals surface area contributed by atoms with Gasteiger partial charge in [-0.15, -0.1) is 5.75 Å². The van der Waals surface area contributed by atoms with Crippen LogP contribution in [0.3, 0.4) is 0 Å². The third-order valence-corrected chi connectivity index (χ3v) is 1.75. The molecule has 0 bridgehead atoms. The molecular weight excluding hydrogens is 223 g/mol. The van der Waals surface area contributed by atoms with Gasteiger partial charge in [0, 0.05) is 0 Å². The number of ether oxygens (including phenoxy) is 2. The molecule has 0 spiro atoms. The second-order valence-electron chi connectivity index (χ2n) is 2.73. The maximum atomic E-state index is 11.1. The molecule has 0 unspecified atom stereocenters. The van der Waals surface area contributed by atoms with Crippen molar-refractivity contribution in [2.75, 3.05) is 14.2 Å². The van der Waals surface area contributed by atoms with Gasteiger partial charge in [-0.3, -0.25) is 0 Å². The van der Waals surface area contributed by atoms with E-state index in [-0.39, 0.29) is 40.7 Å². The zero-order valence-corrected chi connectivity index (χ0v) is 11.3. The Hall–Kier alpha value is -1.04. The van der Waals surface area contributed by atoms with Crippen molar-refractivity contribution in [2.24, 2.45) is 0 Å². The summed E-state index contributed by atoms with van der Waals surface area (Å²) in [5, 5.41) is 11.1. The first-order chi connectivity index (χ1) is 7.08. The van der Waals surface area contributed by atoms with E-state index in [2.05, 4.69) is 9.47 Å². The number of carbonyl (C=O) groups excluding carboxylic acids is 2. The van der Waals surface area contributed by atoms with Gasteiger partial charge in [-0.1, -0.05) is 12.1 Å². The quantitative estimate of drug-likeness (QED) is 0.411. The van der Waals surface area contributed by atoms with Crippen LogP contribution < -0.4 is 34.7 Å². The summed E-state index contributed by atoms with van der Waals surface area (Å²) in [5.74, 6) is -1.78. The van der Waals surface area contributed by atoms with Crippen LogP contribution in [0.4, 0.5) is 0 Å². The molecule has 5 nitrogen and oxygen atoms in total. The Kier molecular flexibility index (Phi) is 6.10. The molecule has 0 amide bonds. The zero-order chi connectivity index (χ0) is 11.4.